The zero-order chi connectivity index (χ0) is 18.6. The third-order valence-corrected chi connectivity index (χ3v) is 4.88. The number of H-pyrrole nitrogens is 1. The Hall–Kier alpha value is -2.26. The number of hydrogen-bond acceptors (Lipinski definition) is 6. The molecule has 0 saturated carbocycles. The summed E-state index contributed by atoms with van der Waals surface area (Å²) in [4.78, 5) is 38.7. The van der Waals surface area contributed by atoms with E-state index in [1.807, 2.05) is 4.90 Å². The van der Waals surface area contributed by atoms with E-state index in [1.54, 1.807) is 11.0 Å². The quantitative estimate of drug-likeness (QED) is 0.585. The van der Waals surface area contributed by atoms with Crippen molar-refractivity contribution in [2.75, 3.05) is 39.3 Å². The van der Waals surface area contributed by atoms with Gasteiger partial charge in [-0.2, -0.15) is 5.10 Å². The van der Waals surface area contributed by atoms with Gasteiger partial charge in [-0.05, 0) is 18.9 Å². The third kappa shape index (κ3) is 4.89. The second-order valence-electron chi connectivity index (χ2n) is 7.12. The van der Waals surface area contributed by atoms with E-state index in [9.17, 15) is 19.5 Å². The van der Waals surface area contributed by atoms with Gasteiger partial charge in [0.25, 0.3) is 5.56 Å². The summed E-state index contributed by atoms with van der Waals surface area (Å²) < 4.78 is 0. The summed E-state index contributed by atoms with van der Waals surface area (Å²) in [5, 5.41) is 20.0. The molecule has 2 saturated heterocycles. The van der Waals surface area contributed by atoms with Crippen LogP contribution >= 0.6 is 0 Å². The SMILES string of the molecule is O=C1CN(CC2(O)CCCN(C(=O)CCc3ccc(=O)[nH]n3)C2)CCN1. The van der Waals surface area contributed by atoms with Gasteiger partial charge in [0, 0.05) is 45.1 Å². The van der Waals surface area contributed by atoms with Crippen LogP contribution in [0.25, 0.3) is 0 Å². The van der Waals surface area contributed by atoms with E-state index in [0.717, 1.165) is 6.42 Å². The van der Waals surface area contributed by atoms with Gasteiger partial charge in [-0.25, -0.2) is 5.10 Å². The van der Waals surface area contributed by atoms with Gasteiger partial charge >= 0.3 is 0 Å². The number of aliphatic hydroxyl groups is 1. The topological polar surface area (TPSA) is 119 Å². The molecule has 2 fully saturated rings. The fraction of sp³-hybridized carbons (Fsp3) is 0.647. The average molecular weight is 363 g/mol. The fourth-order valence-corrected chi connectivity index (χ4v) is 3.60. The summed E-state index contributed by atoms with van der Waals surface area (Å²) in [5.41, 5.74) is -0.598. The first kappa shape index (κ1) is 18.5. The first-order valence-corrected chi connectivity index (χ1v) is 8.97. The van der Waals surface area contributed by atoms with Crippen molar-refractivity contribution in [2.24, 2.45) is 0 Å². The van der Waals surface area contributed by atoms with Crippen LogP contribution in [0.5, 0.6) is 0 Å². The van der Waals surface area contributed by atoms with Crippen molar-refractivity contribution in [1.29, 1.82) is 0 Å². The number of hydrogen-bond donors (Lipinski definition) is 3. The van der Waals surface area contributed by atoms with Gasteiger partial charge in [-0.3, -0.25) is 19.3 Å². The van der Waals surface area contributed by atoms with Crippen molar-refractivity contribution >= 4 is 11.8 Å². The molecule has 2 aliphatic heterocycles. The molecule has 26 heavy (non-hydrogen) atoms. The molecule has 0 radical (unpaired) electrons. The molecule has 1 unspecified atom stereocenters. The number of aryl methyl sites for hydroxylation is 1. The summed E-state index contributed by atoms with van der Waals surface area (Å²) in [6.45, 7) is 2.88. The van der Waals surface area contributed by atoms with Gasteiger partial charge in [0.2, 0.25) is 11.8 Å². The number of likely N-dealkylation sites (tertiary alicyclic amines) is 1. The van der Waals surface area contributed by atoms with Gasteiger partial charge in [-0.1, -0.05) is 0 Å². The standard InChI is InChI=1S/C17H25N5O4/c23-14-4-2-13(19-20-14)3-5-16(25)22-8-1-6-17(26,12-22)11-21-9-7-18-15(24)10-21/h2,4,26H,1,3,5-12H2,(H,18,24)(H,20,23). The largest absolute Gasteiger partial charge is 0.387 e. The Bertz CT molecular complexity index is 701. The summed E-state index contributed by atoms with van der Waals surface area (Å²) in [6, 6.07) is 3.00. The molecule has 0 aliphatic carbocycles. The first-order chi connectivity index (χ1) is 12.4. The molecule has 2 aliphatic rings. The maximum absolute atomic E-state index is 12.5. The molecule has 3 N–H and O–H groups in total. The Morgan fingerprint density at radius 3 is 2.88 bits per heavy atom. The monoisotopic (exact) mass is 363 g/mol. The van der Waals surface area contributed by atoms with Crippen LogP contribution in [0.4, 0.5) is 0 Å². The minimum absolute atomic E-state index is 0.0306. The van der Waals surface area contributed by atoms with Crippen LogP contribution < -0.4 is 10.9 Å². The second kappa shape index (κ2) is 7.96. The van der Waals surface area contributed by atoms with Gasteiger partial charge in [0.05, 0.1) is 24.4 Å². The zero-order valence-electron chi connectivity index (χ0n) is 14.7. The molecule has 0 bridgehead atoms. The van der Waals surface area contributed by atoms with Crippen molar-refractivity contribution in [1.82, 2.24) is 25.3 Å². The molecule has 1 aromatic heterocycles. The number of carbonyl (C=O) groups is 2. The number of β-amino-alcohol motifs (C(OH)–C–C–N with tert-alkyl or cyclic N) is 1. The Kier molecular flexibility index (Phi) is 5.67. The number of piperazine rings is 1. The Morgan fingerprint density at radius 1 is 1.31 bits per heavy atom. The predicted octanol–water partition coefficient (Wildman–Crippen LogP) is -1.51. The molecule has 3 heterocycles. The first-order valence-electron chi connectivity index (χ1n) is 8.97. The number of carbonyl (C=O) groups excluding carboxylic acids is 2. The molecular weight excluding hydrogens is 338 g/mol. The number of amides is 2. The second-order valence-corrected chi connectivity index (χ2v) is 7.12. The van der Waals surface area contributed by atoms with Crippen molar-refractivity contribution < 1.29 is 14.7 Å². The Balaban J connectivity index is 1.53. The summed E-state index contributed by atoms with van der Waals surface area (Å²) >= 11 is 0. The van der Waals surface area contributed by atoms with E-state index >= 15 is 0 Å². The average Bonchev–Trinajstić information content (AvgIpc) is 2.60. The van der Waals surface area contributed by atoms with Crippen LogP contribution in [0.1, 0.15) is 25.0 Å². The fourth-order valence-electron chi connectivity index (χ4n) is 3.60. The highest BCUT2D eigenvalue weighted by atomic mass is 16.3. The maximum atomic E-state index is 12.5. The van der Waals surface area contributed by atoms with Gasteiger partial charge in [-0.15, -0.1) is 0 Å². The van der Waals surface area contributed by atoms with E-state index in [2.05, 4.69) is 15.5 Å². The number of aromatic nitrogens is 2. The Labute approximate surface area is 151 Å². The van der Waals surface area contributed by atoms with Gasteiger partial charge < -0.3 is 15.3 Å². The molecule has 9 nitrogen and oxygen atoms in total. The van der Waals surface area contributed by atoms with Crippen molar-refractivity contribution in [3.8, 4) is 0 Å². The number of nitrogens with one attached hydrogen (secondary N) is 2. The van der Waals surface area contributed by atoms with Crippen LogP contribution in [-0.2, 0) is 16.0 Å². The highest BCUT2D eigenvalue weighted by Gasteiger charge is 2.37. The molecule has 1 atom stereocenters. The lowest BCUT2D eigenvalue weighted by atomic mass is 9.91. The molecule has 3 rings (SSSR count). The van der Waals surface area contributed by atoms with E-state index in [1.165, 1.54) is 6.07 Å². The predicted molar refractivity (Wildman–Crippen MR) is 93.4 cm³/mol. The van der Waals surface area contributed by atoms with Gasteiger partial charge in [0.15, 0.2) is 0 Å². The van der Waals surface area contributed by atoms with E-state index in [0.29, 0.717) is 44.7 Å². The minimum Gasteiger partial charge on any atom is -0.387 e. The van der Waals surface area contributed by atoms with E-state index in [4.69, 9.17) is 0 Å². The van der Waals surface area contributed by atoms with Gasteiger partial charge in [0.1, 0.15) is 0 Å². The molecule has 2 amide bonds. The third-order valence-electron chi connectivity index (χ3n) is 4.88. The summed E-state index contributed by atoms with van der Waals surface area (Å²) in [6.07, 6.45) is 2.08. The van der Waals surface area contributed by atoms with Crippen LogP contribution in [0.3, 0.4) is 0 Å². The highest BCUT2D eigenvalue weighted by Crippen LogP contribution is 2.23. The number of rotatable bonds is 5. The van der Waals surface area contributed by atoms with Crippen LogP contribution in [0.15, 0.2) is 16.9 Å². The molecule has 1 aromatic rings. The van der Waals surface area contributed by atoms with Crippen LogP contribution in [-0.4, -0.2) is 81.8 Å². The summed E-state index contributed by atoms with van der Waals surface area (Å²) in [7, 11) is 0. The van der Waals surface area contributed by atoms with E-state index < -0.39 is 5.60 Å². The minimum atomic E-state index is -0.984. The number of piperidine rings is 1. The number of nitrogens with zero attached hydrogens (tertiary/aromatic N) is 3. The Morgan fingerprint density at radius 2 is 2.15 bits per heavy atom. The molecule has 9 heteroatoms. The lowest BCUT2D eigenvalue weighted by Gasteiger charge is -2.42. The van der Waals surface area contributed by atoms with Crippen molar-refractivity contribution in [3.63, 3.8) is 0 Å². The van der Waals surface area contributed by atoms with Crippen molar-refractivity contribution in [3.05, 3.63) is 28.2 Å². The smallest absolute Gasteiger partial charge is 0.264 e. The van der Waals surface area contributed by atoms with E-state index in [-0.39, 0.29) is 36.9 Å². The maximum Gasteiger partial charge on any atom is 0.264 e. The molecule has 142 valence electrons. The normalized spacial score (nSPS) is 24.3. The molecule has 0 aromatic carbocycles. The molecular formula is C17H25N5O4. The van der Waals surface area contributed by atoms with Crippen LogP contribution in [0, 0.1) is 0 Å². The molecule has 0 spiro atoms. The van der Waals surface area contributed by atoms with Crippen molar-refractivity contribution in [2.45, 2.75) is 31.3 Å². The highest BCUT2D eigenvalue weighted by molar-refractivity contribution is 5.78. The van der Waals surface area contributed by atoms with Crippen LogP contribution in [0.2, 0.25) is 0 Å². The zero-order valence-corrected chi connectivity index (χ0v) is 14.7. The lowest BCUT2D eigenvalue weighted by Crippen LogP contribution is -2.58. The lowest BCUT2D eigenvalue weighted by molar-refractivity contribution is -0.140. The summed E-state index contributed by atoms with van der Waals surface area (Å²) in [5.74, 6) is -0.0653. The number of aromatic amines is 1.